The Hall–Kier alpha value is -1.65. The number of carbonyl (C=O) groups excluding carboxylic acids is 2. The fraction of sp³-hybridized carbons (Fsp3) is 0.500. The minimum atomic E-state index is -1.02. The van der Waals surface area contributed by atoms with Crippen LogP contribution in [0.2, 0.25) is 0 Å². The molecule has 1 aliphatic carbocycles. The van der Waals surface area contributed by atoms with Gasteiger partial charge in [0.25, 0.3) is 0 Å². The van der Waals surface area contributed by atoms with Crippen molar-refractivity contribution in [3.8, 4) is 0 Å². The third kappa shape index (κ3) is 1.77. The summed E-state index contributed by atoms with van der Waals surface area (Å²) in [5.41, 5.74) is 0.507. The van der Waals surface area contributed by atoms with Gasteiger partial charge in [-0.25, -0.2) is 0 Å². The van der Waals surface area contributed by atoms with E-state index in [1.165, 1.54) is 0 Å². The fourth-order valence-electron chi connectivity index (χ4n) is 1.89. The van der Waals surface area contributed by atoms with E-state index in [0.29, 0.717) is 12.0 Å². The zero-order valence-electron chi connectivity index (χ0n) is 7.99. The van der Waals surface area contributed by atoms with Crippen LogP contribution < -0.4 is 0 Å². The molecule has 2 aliphatic rings. The molecular weight excluding hydrogens is 200 g/mol. The molecule has 0 spiro atoms. The van der Waals surface area contributed by atoms with Gasteiger partial charge in [-0.1, -0.05) is 0 Å². The quantitative estimate of drug-likeness (QED) is 0.642. The van der Waals surface area contributed by atoms with Crippen molar-refractivity contribution in [2.75, 3.05) is 0 Å². The highest BCUT2D eigenvalue weighted by Gasteiger charge is 2.35. The summed E-state index contributed by atoms with van der Waals surface area (Å²) < 4.78 is 4.90. The topological polar surface area (TPSA) is 80.7 Å². The molecule has 5 nitrogen and oxygen atoms in total. The minimum absolute atomic E-state index is 0.0196. The second kappa shape index (κ2) is 3.49. The molecule has 1 atom stereocenters. The van der Waals surface area contributed by atoms with E-state index in [1.54, 1.807) is 0 Å². The number of ether oxygens (including phenoxy) is 1. The first-order valence-electron chi connectivity index (χ1n) is 4.76. The Morgan fingerprint density at radius 1 is 1.27 bits per heavy atom. The molecule has 1 aliphatic heterocycles. The van der Waals surface area contributed by atoms with Gasteiger partial charge in [0.05, 0.1) is 12.3 Å². The molecule has 1 N–H and O–H groups in total. The number of Topliss-reactive ketones (excluding diaryl/α,β-unsaturated/α-hetero) is 1. The summed E-state index contributed by atoms with van der Waals surface area (Å²) in [7, 11) is 0. The lowest BCUT2D eigenvalue weighted by Crippen LogP contribution is -2.29. The maximum absolute atomic E-state index is 11.5. The lowest BCUT2D eigenvalue weighted by atomic mass is 9.84. The van der Waals surface area contributed by atoms with E-state index in [2.05, 4.69) is 0 Å². The van der Waals surface area contributed by atoms with Crippen molar-refractivity contribution >= 4 is 17.7 Å². The Bertz CT molecular complexity index is 379. The van der Waals surface area contributed by atoms with Gasteiger partial charge in [-0.2, -0.15) is 0 Å². The first-order chi connectivity index (χ1) is 7.08. The fourth-order valence-corrected chi connectivity index (χ4v) is 1.89. The highest BCUT2D eigenvalue weighted by molar-refractivity contribution is 6.00. The van der Waals surface area contributed by atoms with Gasteiger partial charge >= 0.3 is 11.9 Å². The molecule has 0 aromatic heterocycles. The number of rotatable bonds is 1. The zero-order chi connectivity index (χ0) is 11.0. The number of hydrogen-bond donors (Lipinski definition) is 1. The number of aliphatic carboxylic acids is 1. The molecule has 0 bridgehead atoms. The second-order valence-electron chi connectivity index (χ2n) is 3.74. The van der Waals surface area contributed by atoms with E-state index in [4.69, 9.17) is 9.84 Å². The van der Waals surface area contributed by atoms with E-state index in [0.717, 1.165) is 0 Å². The van der Waals surface area contributed by atoms with Crippen LogP contribution in [0.4, 0.5) is 0 Å². The number of allylic oxidation sites excluding steroid dienone is 2. The van der Waals surface area contributed by atoms with Crippen molar-refractivity contribution in [1.29, 1.82) is 0 Å². The smallest absolute Gasteiger partial charge is 0.311 e. The van der Waals surface area contributed by atoms with E-state index >= 15 is 0 Å². The number of esters is 1. The Kier molecular flexibility index (Phi) is 2.30. The molecule has 0 radical (unpaired) electrons. The molecule has 1 unspecified atom stereocenters. The molecule has 15 heavy (non-hydrogen) atoms. The summed E-state index contributed by atoms with van der Waals surface area (Å²) in [6.07, 6.45) is 0.773. The molecule has 80 valence electrons. The number of carboxylic acid groups (broad SMARTS) is 1. The van der Waals surface area contributed by atoms with Gasteiger partial charge in [-0.15, -0.1) is 0 Å². The van der Waals surface area contributed by atoms with Gasteiger partial charge in [0.2, 0.25) is 0 Å². The SMILES string of the molecule is O=C1CCC2=C(CC(C(=O)O)CC2=O)O1. The summed E-state index contributed by atoms with van der Waals surface area (Å²) in [6.45, 7) is 0. The van der Waals surface area contributed by atoms with E-state index < -0.39 is 11.9 Å². The van der Waals surface area contributed by atoms with Crippen LogP contribution in [0.1, 0.15) is 25.7 Å². The number of carboxylic acids is 1. The first-order valence-corrected chi connectivity index (χ1v) is 4.76. The molecule has 0 saturated carbocycles. The van der Waals surface area contributed by atoms with Crippen molar-refractivity contribution in [1.82, 2.24) is 0 Å². The number of hydrogen-bond acceptors (Lipinski definition) is 4. The van der Waals surface area contributed by atoms with Crippen LogP contribution in [0.3, 0.4) is 0 Å². The van der Waals surface area contributed by atoms with Crippen LogP contribution >= 0.6 is 0 Å². The molecule has 1 heterocycles. The third-order valence-corrected chi connectivity index (χ3v) is 2.70. The first kappa shape index (κ1) is 9.89. The van der Waals surface area contributed by atoms with Gasteiger partial charge < -0.3 is 9.84 Å². The summed E-state index contributed by atoms with van der Waals surface area (Å²) in [4.78, 5) is 33.3. The van der Waals surface area contributed by atoms with Crippen LogP contribution in [-0.4, -0.2) is 22.8 Å². The molecule has 0 amide bonds. The van der Waals surface area contributed by atoms with Gasteiger partial charge in [-0.05, 0) is 6.42 Å². The van der Waals surface area contributed by atoms with Crippen molar-refractivity contribution in [2.24, 2.45) is 5.92 Å². The lowest BCUT2D eigenvalue weighted by Gasteiger charge is -2.26. The van der Waals surface area contributed by atoms with Crippen molar-refractivity contribution < 1.29 is 24.2 Å². The largest absolute Gasteiger partial charge is 0.481 e. The van der Waals surface area contributed by atoms with Crippen molar-refractivity contribution in [3.63, 3.8) is 0 Å². The maximum Gasteiger partial charge on any atom is 0.311 e. The lowest BCUT2D eigenvalue weighted by molar-refractivity contribution is -0.147. The molecule has 0 fully saturated rings. The summed E-state index contributed by atoms with van der Waals surface area (Å²) in [6, 6.07) is 0. The van der Waals surface area contributed by atoms with Crippen LogP contribution in [0, 0.1) is 5.92 Å². The Balaban J connectivity index is 2.27. The maximum atomic E-state index is 11.5. The molecule has 5 heteroatoms. The second-order valence-corrected chi connectivity index (χ2v) is 3.74. The summed E-state index contributed by atoms with van der Waals surface area (Å²) >= 11 is 0. The molecule has 0 aromatic carbocycles. The average molecular weight is 210 g/mol. The van der Waals surface area contributed by atoms with Crippen LogP contribution in [0.5, 0.6) is 0 Å². The molecule has 0 aromatic rings. The monoisotopic (exact) mass is 210 g/mol. The van der Waals surface area contributed by atoms with E-state index in [1.807, 2.05) is 0 Å². The highest BCUT2D eigenvalue weighted by atomic mass is 16.5. The Morgan fingerprint density at radius 3 is 2.67 bits per heavy atom. The average Bonchev–Trinajstić information content (AvgIpc) is 2.16. The van der Waals surface area contributed by atoms with Crippen LogP contribution in [-0.2, 0) is 19.1 Å². The van der Waals surface area contributed by atoms with Gasteiger partial charge in [0, 0.05) is 18.4 Å². The number of carbonyl (C=O) groups is 3. The Morgan fingerprint density at radius 2 is 2.00 bits per heavy atom. The predicted octanol–water partition coefficient (Wildman–Crippen LogP) is 0.641. The predicted molar refractivity (Wildman–Crippen MR) is 47.7 cm³/mol. The van der Waals surface area contributed by atoms with Gasteiger partial charge in [-0.3, -0.25) is 14.4 Å². The van der Waals surface area contributed by atoms with E-state index in [-0.39, 0.29) is 36.8 Å². The van der Waals surface area contributed by atoms with Crippen LogP contribution in [0.15, 0.2) is 11.3 Å². The number of ketones is 1. The molecule has 0 saturated heterocycles. The standard InChI is InChI=1S/C10H10O5/c11-7-3-5(10(13)14)4-8-6(7)1-2-9(12)15-8/h5H,1-4H2,(H,13,14). The van der Waals surface area contributed by atoms with E-state index in [9.17, 15) is 14.4 Å². The van der Waals surface area contributed by atoms with Gasteiger partial charge in [0.1, 0.15) is 5.76 Å². The van der Waals surface area contributed by atoms with Crippen molar-refractivity contribution in [3.05, 3.63) is 11.3 Å². The summed E-state index contributed by atoms with van der Waals surface area (Å²) in [5.74, 6) is -2.07. The highest BCUT2D eigenvalue weighted by Crippen LogP contribution is 2.33. The van der Waals surface area contributed by atoms with Crippen LogP contribution in [0.25, 0.3) is 0 Å². The molecular formula is C10H10O5. The zero-order valence-corrected chi connectivity index (χ0v) is 7.99. The minimum Gasteiger partial charge on any atom is -0.481 e. The Labute approximate surface area is 85.7 Å². The van der Waals surface area contributed by atoms with Gasteiger partial charge in [0.15, 0.2) is 5.78 Å². The molecule has 2 rings (SSSR count). The van der Waals surface area contributed by atoms with Crippen molar-refractivity contribution in [2.45, 2.75) is 25.7 Å². The summed E-state index contributed by atoms with van der Waals surface area (Å²) in [5, 5.41) is 8.80. The normalized spacial score (nSPS) is 26.0. The third-order valence-electron chi connectivity index (χ3n) is 2.70.